The normalized spacial score (nSPS) is 19.9. The van der Waals surface area contributed by atoms with Crippen molar-refractivity contribution in [2.45, 2.75) is 26.0 Å². The van der Waals surface area contributed by atoms with Crippen LogP contribution < -0.4 is 5.32 Å². The van der Waals surface area contributed by atoms with Crippen molar-refractivity contribution in [2.75, 3.05) is 19.7 Å². The summed E-state index contributed by atoms with van der Waals surface area (Å²) < 4.78 is 6.55. The van der Waals surface area contributed by atoms with Gasteiger partial charge in [-0.15, -0.1) is 0 Å². The van der Waals surface area contributed by atoms with Crippen molar-refractivity contribution in [1.82, 2.24) is 10.2 Å². The highest BCUT2D eigenvalue weighted by molar-refractivity contribution is 9.10. The quantitative estimate of drug-likeness (QED) is 0.907. The molecule has 4 nitrogen and oxygen atoms in total. The van der Waals surface area contributed by atoms with Gasteiger partial charge in [-0.3, -0.25) is 0 Å². The van der Waals surface area contributed by atoms with E-state index in [2.05, 4.69) is 21.2 Å². The molecule has 0 unspecified atom stereocenters. The number of carbonyl (C=O) groups is 1. The van der Waals surface area contributed by atoms with E-state index in [0.29, 0.717) is 13.1 Å². The number of rotatable bonds is 2. The van der Waals surface area contributed by atoms with Crippen LogP contribution in [0, 0.1) is 0 Å². The van der Waals surface area contributed by atoms with Gasteiger partial charge < -0.3 is 15.0 Å². The Kier molecular flexibility index (Phi) is 5.22. The van der Waals surface area contributed by atoms with Crippen LogP contribution in [0.25, 0.3) is 0 Å². The zero-order valence-corrected chi connectivity index (χ0v) is 12.6. The molecule has 1 heterocycles. The van der Waals surface area contributed by atoms with Crippen molar-refractivity contribution in [3.63, 3.8) is 0 Å². The Hall–Kier alpha value is -1.07. The summed E-state index contributed by atoms with van der Waals surface area (Å²) >= 11 is 3.48. The number of urea groups is 1. The molecule has 1 aromatic rings. The molecule has 1 saturated heterocycles. The second kappa shape index (κ2) is 6.91. The van der Waals surface area contributed by atoms with E-state index in [-0.39, 0.29) is 12.1 Å². The molecular formula is C14H19BrN2O2. The third-order valence-electron chi connectivity index (χ3n) is 3.13. The number of nitrogens with zero attached hydrogens (tertiary/aromatic N) is 1. The highest BCUT2D eigenvalue weighted by Crippen LogP contribution is 2.15. The SMILES string of the molecule is C[C@H]1CN(C(=O)NCc2ccccc2Br)CCCO1. The van der Waals surface area contributed by atoms with E-state index in [1.807, 2.05) is 36.1 Å². The number of amides is 2. The van der Waals surface area contributed by atoms with E-state index >= 15 is 0 Å². The molecule has 0 aliphatic carbocycles. The average Bonchev–Trinajstić information content (AvgIpc) is 2.62. The summed E-state index contributed by atoms with van der Waals surface area (Å²) in [5.41, 5.74) is 1.08. The van der Waals surface area contributed by atoms with Gasteiger partial charge in [0.25, 0.3) is 0 Å². The Morgan fingerprint density at radius 1 is 1.53 bits per heavy atom. The minimum absolute atomic E-state index is 0.0203. The second-order valence-electron chi connectivity index (χ2n) is 4.73. The Bertz CT molecular complexity index is 439. The van der Waals surface area contributed by atoms with Crippen molar-refractivity contribution < 1.29 is 9.53 Å². The summed E-state index contributed by atoms with van der Waals surface area (Å²) in [6.07, 6.45) is 1.00. The zero-order chi connectivity index (χ0) is 13.7. The molecule has 1 aliphatic heterocycles. The summed E-state index contributed by atoms with van der Waals surface area (Å²) in [6.45, 7) is 4.68. The Morgan fingerprint density at radius 3 is 3.11 bits per heavy atom. The van der Waals surface area contributed by atoms with Crippen molar-refractivity contribution >= 4 is 22.0 Å². The number of ether oxygens (including phenoxy) is 1. The van der Waals surface area contributed by atoms with Crippen LogP contribution in [0.1, 0.15) is 18.9 Å². The standard InChI is InChI=1S/C14H19BrN2O2/c1-11-10-17(7-4-8-19-11)14(18)16-9-12-5-2-3-6-13(12)15/h2-3,5-6,11H,4,7-10H2,1H3,(H,16,18)/t11-/m0/s1. The molecule has 0 saturated carbocycles. The van der Waals surface area contributed by atoms with Gasteiger partial charge in [0.1, 0.15) is 0 Å². The molecule has 1 atom stereocenters. The van der Waals surface area contributed by atoms with Gasteiger partial charge in [0.05, 0.1) is 6.10 Å². The number of carbonyl (C=O) groups excluding carboxylic acids is 1. The highest BCUT2D eigenvalue weighted by Gasteiger charge is 2.19. The average molecular weight is 327 g/mol. The van der Waals surface area contributed by atoms with Crippen molar-refractivity contribution in [3.8, 4) is 0 Å². The lowest BCUT2D eigenvalue weighted by atomic mass is 10.2. The lowest BCUT2D eigenvalue weighted by Crippen LogP contribution is -2.42. The van der Waals surface area contributed by atoms with Crippen LogP contribution in [-0.2, 0) is 11.3 Å². The van der Waals surface area contributed by atoms with E-state index in [9.17, 15) is 4.79 Å². The molecule has 5 heteroatoms. The summed E-state index contributed by atoms with van der Waals surface area (Å²) in [5.74, 6) is 0. The number of nitrogens with one attached hydrogen (secondary N) is 1. The van der Waals surface area contributed by atoms with E-state index in [1.165, 1.54) is 0 Å². The van der Waals surface area contributed by atoms with Crippen molar-refractivity contribution in [3.05, 3.63) is 34.3 Å². The lowest BCUT2D eigenvalue weighted by Gasteiger charge is -2.22. The van der Waals surface area contributed by atoms with Gasteiger partial charge in [-0.1, -0.05) is 34.1 Å². The van der Waals surface area contributed by atoms with E-state index in [1.54, 1.807) is 0 Å². The first-order valence-corrected chi connectivity index (χ1v) is 7.34. The Balaban J connectivity index is 1.88. The van der Waals surface area contributed by atoms with Crippen LogP contribution in [0.3, 0.4) is 0 Å². The smallest absolute Gasteiger partial charge is 0.317 e. The summed E-state index contributed by atoms with van der Waals surface area (Å²) in [6, 6.07) is 7.88. The predicted octanol–water partition coefficient (Wildman–Crippen LogP) is 2.77. The fourth-order valence-electron chi connectivity index (χ4n) is 2.10. The largest absolute Gasteiger partial charge is 0.377 e. The fourth-order valence-corrected chi connectivity index (χ4v) is 2.53. The molecule has 1 N–H and O–H groups in total. The van der Waals surface area contributed by atoms with Crippen molar-refractivity contribution in [1.29, 1.82) is 0 Å². The van der Waals surface area contributed by atoms with Crippen LogP contribution in [0.5, 0.6) is 0 Å². The number of halogens is 1. The first-order valence-electron chi connectivity index (χ1n) is 6.54. The minimum atomic E-state index is -0.0203. The minimum Gasteiger partial charge on any atom is -0.377 e. The van der Waals surface area contributed by atoms with Gasteiger partial charge in [0, 0.05) is 30.7 Å². The fraction of sp³-hybridized carbons (Fsp3) is 0.500. The van der Waals surface area contributed by atoms with Gasteiger partial charge >= 0.3 is 6.03 Å². The van der Waals surface area contributed by atoms with E-state index in [4.69, 9.17) is 4.74 Å². The first kappa shape index (κ1) is 14.3. The predicted molar refractivity (Wildman–Crippen MR) is 78.0 cm³/mol. The lowest BCUT2D eigenvalue weighted by molar-refractivity contribution is 0.0710. The van der Waals surface area contributed by atoms with Gasteiger partial charge in [0.2, 0.25) is 0 Å². The molecule has 2 rings (SSSR count). The topological polar surface area (TPSA) is 41.6 Å². The molecule has 19 heavy (non-hydrogen) atoms. The molecule has 1 aliphatic rings. The Morgan fingerprint density at radius 2 is 2.32 bits per heavy atom. The van der Waals surface area contributed by atoms with Crippen LogP contribution in [-0.4, -0.2) is 36.7 Å². The maximum absolute atomic E-state index is 12.1. The van der Waals surface area contributed by atoms with E-state index in [0.717, 1.165) is 29.6 Å². The third-order valence-corrected chi connectivity index (χ3v) is 3.90. The van der Waals surface area contributed by atoms with Crippen molar-refractivity contribution in [2.24, 2.45) is 0 Å². The molecule has 104 valence electrons. The summed E-state index contributed by atoms with van der Waals surface area (Å²) in [5, 5.41) is 2.96. The molecule has 1 fully saturated rings. The third kappa shape index (κ3) is 4.21. The molecule has 0 spiro atoms. The van der Waals surface area contributed by atoms with Gasteiger partial charge in [-0.2, -0.15) is 0 Å². The summed E-state index contributed by atoms with van der Waals surface area (Å²) in [4.78, 5) is 14.0. The van der Waals surface area contributed by atoms with Gasteiger partial charge in [0.15, 0.2) is 0 Å². The molecule has 0 bridgehead atoms. The summed E-state index contributed by atoms with van der Waals surface area (Å²) in [7, 11) is 0. The number of benzene rings is 1. The van der Waals surface area contributed by atoms with Crippen LogP contribution in [0.2, 0.25) is 0 Å². The molecule has 0 aromatic heterocycles. The van der Waals surface area contributed by atoms with E-state index < -0.39 is 0 Å². The molecule has 1 aromatic carbocycles. The van der Waals surface area contributed by atoms with Gasteiger partial charge in [-0.25, -0.2) is 4.79 Å². The zero-order valence-electron chi connectivity index (χ0n) is 11.1. The Labute approximate surface area is 122 Å². The van der Waals surface area contributed by atoms with Crippen LogP contribution in [0.15, 0.2) is 28.7 Å². The maximum atomic E-state index is 12.1. The molecule has 0 radical (unpaired) electrons. The number of hydrogen-bond donors (Lipinski definition) is 1. The van der Waals surface area contributed by atoms with Crippen LogP contribution in [0.4, 0.5) is 4.79 Å². The van der Waals surface area contributed by atoms with Crippen LogP contribution >= 0.6 is 15.9 Å². The first-order chi connectivity index (χ1) is 9.16. The molecule has 2 amide bonds. The maximum Gasteiger partial charge on any atom is 0.317 e. The number of hydrogen-bond acceptors (Lipinski definition) is 2. The monoisotopic (exact) mass is 326 g/mol. The molecular weight excluding hydrogens is 308 g/mol. The van der Waals surface area contributed by atoms with Gasteiger partial charge in [-0.05, 0) is 25.0 Å². The second-order valence-corrected chi connectivity index (χ2v) is 5.59. The highest BCUT2D eigenvalue weighted by atomic mass is 79.9.